The number of nitrogens with one attached hydrogen (secondary N) is 2. The lowest BCUT2D eigenvalue weighted by Crippen LogP contribution is -2.44. The Bertz CT molecular complexity index is 1140. The molecule has 0 atom stereocenters. The molecule has 2 aromatic heterocycles. The number of anilines is 4. The normalized spacial score (nSPS) is 14.4. The molecule has 3 heterocycles. The van der Waals surface area contributed by atoms with E-state index in [1.165, 1.54) is 17.5 Å². The van der Waals surface area contributed by atoms with Crippen LogP contribution in [0.4, 0.5) is 22.5 Å². The standard InChI is InChI=1S/C22H25ClN6O2S/c1-13-4-6-16(30)14(2)19(13)26-21(31)17-12-24-22(32-17)27-20-15(23)5-7-18(25-20)29-10-8-28(3)9-11-29/h4-7,12,30H,8-11H2,1-3H3,(H,26,31)(H,24,25,27). The van der Waals surface area contributed by atoms with Crippen molar-refractivity contribution in [3.05, 3.63) is 51.5 Å². The molecule has 1 aromatic carbocycles. The molecule has 10 heteroatoms. The van der Waals surface area contributed by atoms with Gasteiger partial charge in [0.05, 0.1) is 16.9 Å². The highest BCUT2D eigenvalue weighted by atomic mass is 35.5. The number of hydrogen-bond donors (Lipinski definition) is 3. The first kappa shape index (κ1) is 22.3. The molecule has 1 aliphatic rings. The zero-order valence-electron chi connectivity index (χ0n) is 18.1. The Morgan fingerprint density at radius 3 is 2.66 bits per heavy atom. The topological polar surface area (TPSA) is 93.6 Å². The number of likely N-dealkylation sites (N-methyl/N-ethyl adjacent to an activating group) is 1. The van der Waals surface area contributed by atoms with Crippen molar-refractivity contribution in [2.24, 2.45) is 0 Å². The number of rotatable bonds is 5. The molecule has 1 amide bonds. The van der Waals surface area contributed by atoms with Crippen molar-refractivity contribution in [1.29, 1.82) is 0 Å². The van der Waals surface area contributed by atoms with Crippen LogP contribution in [0, 0.1) is 13.8 Å². The van der Waals surface area contributed by atoms with E-state index in [1.807, 2.05) is 19.1 Å². The van der Waals surface area contributed by atoms with Gasteiger partial charge in [-0.05, 0) is 44.7 Å². The first-order chi connectivity index (χ1) is 15.3. The maximum atomic E-state index is 12.7. The van der Waals surface area contributed by atoms with Crippen molar-refractivity contribution in [2.45, 2.75) is 13.8 Å². The maximum absolute atomic E-state index is 12.7. The van der Waals surface area contributed by atoms with Gasteiger partial charge in [-0.3, -0.25) is 4.79 Å². The monoisotopic (exact) mass is 472 g/mol. The van der Waals surface area contributed by atoms with Gasteiger partial charge in [-0.15, -0.1) is 0 Å². The molecule has 1 saturated heterocycles. The van der Waals surface area contributed by atoms with E-state index >= 15 is 0 Å². The Morgan fingerprint density at radius 2 is 1.91 bits per heavy atom. The summed E-state index contributed by atoms with van der Waals surface area (Å²) in [6.07, 6.45) is 1.51. The van der Waals surface area contributed by atoms with Gasteiger partial charge in [-0.2, -0.15) is 0 Å². The fraction of sp³-hybridized carbons (Fsp3) is 0.318. The second-order valence-corrected chi connectivity index (χ2v) is 9.24. The number of carbonyl (C=O) groups excluding carboxylic acids is 1. The van der Waals surface area contributed by atoms with E-state index in [-0.39, 0.29) is 11.7 Å². The van der Waals surface area contributed by atoms with Crippen LogP contribution in [0.15, 0.2) is 30.5 Å². The molecular formula is C22H25ClN6O2S. The molecule has 3 N–H and O–H groups in total. The van der Waals surface area contributed by atoms with Gasteiger partial charge in [0.25, 0.3) is 5.91 Å². The third-order valence-electron chi connectivity index (χ3n) is 5.50. The van der Waals surface area contributed by atoms with Gasteiger partial charge in [0, 0.05) is 31.7 Å². The highest BCUT2D eigenvalue weighted by Gasteiger charge is 2.18. The van der Waals surface area contributed by atoms with Crippen molar-refractivity contribution in [3.63, 3.8) is 0 Å². The van der Waals surface area contributed by atoms with Crippen LogP contribution in [0.5, 0.6) is 5.75 Å². The second-order valence-electron chi connectivity index (χ2n) is 7.80. The predicted molar refractivity (Wildman–Crippen MR) is 130 cm³/mol. The summed E-state index contributed by atoms with van der Waals surface area (Å²) in [5.74, 6) is 1.20. The van der Waals surface area contributed by atoms with Crippen molar-refractivity contribution in [3.8, 4) is 5.75 Å². The molecule has 0 aliphatic carbocycles. The number of carbonyl (C=O) groups is 1. The summed E-state index contributed by atoms with van der Waals surface area (Å²) < 4.78 is 0. The summed E-state index contributed by atoms with van der Waals surface area (Å²) in [5, 5.41) is 16.9. The summed E-state index contributed by atoms with van der Waals surface area (Å²) in [6, 6.07) is 7.11. The van der Waals surface area contributed by atoms with E-state index in [0.29, 0.717) is 32.1 Å². The summed E-state index contributed by atoms with van der Waals surface area (Å²) in [5.41, 5.74) is 2.09. The predicted octanol–water partition coefficient (Wildman–Crippen LogP) is 4.26. The molecule has 0 bridgehead atoms. The molecule has 1 fully saturated rings. The van der Waals surface area contributed by atoms with Gasteiger partial charge in [0.2, 0.25) is 0 Å². The summed E-state index contributed by atoms with van der Waals surface area (Å²) in [7, 11) is 2.11. The maximum Gasteiger partial charge on any atom is 0.267 e. The van der Waals surface area contributed by atoms with Gasteiger partial charge >= 0.3 is 0 Å². The van der Waals surface area contributed by atoms with Crippen LogP contribution < -0.4 is 15.5 Å². The SMILES string of the molecule is Cc1ccc(O)c(C)c1NC(=O)c1cnc(Nc2nc(N3CCN(C)CC3)ccc2Cl)s1. The van der Waals surface area contributed by atoms with E-state index in [1.54, 1.807) is 19.1 Å². The van der Waals surface area contributed by atoms with Gasteiger partial charge in [0.1, 0.15) is 16.4 Å². The average Bonchev–Trinajstić information content (AvgIpc) is 3.25. The van der Waals surface area contributed by atoms with Crippen molar-refractivity contribution in [1.82, 2.24) is 14.9 Å². The summed E-state index contributed by atoms with van der Waals surface area (Å²) >= 11 is 7.56. The minimum Gasteiger partial charge on any atom is -0.508 e. The van der Waals surface area contributed by atoms with Gasteiger partial charge in [-0.25, -0.2) is 9.97 Å². The molecule has 4 rings (SSSR count). The number of thiazole rings is 1. The quantitative estimate of drug-likeness (QED) is 0.510. The third kappa shape index (κ3) is 4.79. The zero-order chi connectivity index (χ0) is 22.8. The molecule has 32 heavy (non-hydrogen) atoms. The fourth-order valence-electron chi connectivity index (χ4n) is 3.47. The zero-order valence-corrected chi connectivity index (χ0v) is 19.7. The largest absolute Gasteiger partial charge is 0.508 e. The van der Waals surface area contributed by atoms with E-state index in [2.05, 4.69) is 37.4 Å². The number of hydrogen-bond acceptors (Lipinski definition) is 8. The van der Waals surface area contributed by atoms with Gasteiger partial charge in [0.15, 0.2) is 10.9 Å². The Kier molecular flexibility index (Phi) is 6.50. The Labute approximate surface area is 195 Å². The molecule has 3 aromatic rings. The molecule has 0 unspecified atom stereocenters. The molecule has 1 aliphatic heterocycles. The van der Waals surface area contributed by atoms with E-state index < -0.39 is 0 Å². The Morgan fingerprint density at radius 1 is 1.16 bits per heavy atom. The van der Waals surface area contributed by atoms with E-state index in [9.17, 15) is 9.90 Å². The van der Waals surface area contributed by atoms with Crippen LogP contribution in [0.25, 0.3) is 0 Å². The van der Waals surface area contributed by atoms with Crippen LogP contribution >= 0.6 is 22.9 Å². The number of aromatic nitrogens is 2. The average molecular weight is 473 g/mol. The number of nitrogens with zero attached hydrogens (tertiary/aromatic N) is 4. The third-order valence-corrected chi connectivity index (χ3v) is 6.71. The number of phenols is 1. The lowest BCUT2D eigenvalue weighted by molar-refractivity contribution is 0.103. The first-order valence-corrected chi connectivity index (χ1v) is 11.4. The van der Waals surface area contributed by atoms with Crippen LogP contribution in [-0.4, -0.2) is 59.1 Å². The Balaban J connectivity index is 1.48. The fourth-order valence-corrected chi connectivity index (χ4v) is 4.34. The lowest BCUT2D eigenvalue weighted by Gasteiger charge is -2.33. The van der Waals surface area contributed by atoms with Crippen LogP contribution in [0.2, 0.25) is 5.02 Å². The van der Waals surface area contributed by atoms with E-state index in [4.69, 9.17) is 11.6 Å². The minimum atomic E-state index is -0.294. The second kappa shape index (κ2) is 9.32. The van der Waals surface area contributed by atoms with Crippen LogP contribution in [-0.2, 0) is 0 Å². The molecule has 0 radical (unpaired) electrons. The Hall–Kier alpha value is -2.88. The molecule has 168 valence electrons. The highest BCUT2D eigenvalue weighted by molar-refractivity contribution is 7.17. The van der Waals surface area contributed by atoms with Crippen LogP contribution in [0.1, 0.15) is 20.8 Å². The minimum absolute atomic E-state index is 0.138. The summed E-state index contributed by atoms with van der Waals surface area (Å²) in [4.78, 5) is 26.7. The molecule has 0 saturated carbocycles. The highest BCUT2D eigenvalue weighted by Crippen LogP contribution is 2.31. The molecule has 8 nitrogen and oxygen atoms in total. The number of pyridine rings is 1. The number of amides is 1. The van der Waals surface area contributed by atoms with Gasteiger partial charge in [-0.1, -0.05) is 29.0 Å². The van der Waals surface area contributed by atoms with Crippen molar-refractivity contribution in [2.75, 3.05) is 48.8 Å². The van der Waals surface area contributed by atoms with Crippen molar-refractivity contribution < 1.29 is 9.90 Å². The van der Waals surface area contributed by atoms with E-state index in [0.717, 1.165) is 37.6 Å². The van der Waals surface area contributed by atoms with Gasteiger partial charge < -0.3 is 25.5 Å². The number of halogens is 1. The summed E-state index contributed by atoms with van der Waals surface area (Å²) in [6.45, 7) is 7.41. The number of piperazine rings is 1. The van der Waals surface area contributed by atoms with Crippen LogP contribution in [0.3, 0.4) is 0 Å². The number of phenolic OH excluding ortho intramolecular Hbond substituents is 1. The van der Waals surface area contributed by atoms with Crippen molar-refractivity contribution >= 4 is 51.3 Å². The molecular weight excluding hydrogens is 448 g/mol. The first-order valence-electron chi connectivity index (χ1n) is 10.2. The number of benzene rings is 1. The smallest absolute Gasteiger partial charge is 0.267 e. The number of aryl methyl sites for hydroxylation is 1. The molecule has 0 spiro atoms. The lowest BCUT2D eigenvalue weighted by atomic mass is 10.1. The number of aromatic hydroxyl groups is 1.